The Hall–Kier alpha value is -2.33. The number of hydrogen-bond acceptors (Lipinski definition) is 4. The van der Waals surface area contributed by atoms with Gasteiger partial charge in [-0.3, -0.25) is 14.7 Å². The van der Waals surface area contributed by atoms with Crippen LogP contribution < -0.4 is 15.4 Å². The first kappa shape index (κ1) is 26.9. The Labute approximate surface area is 214 Å². The van der Waals surface area contributed by atoms with Gasteiger partial charge < -0.3 is 20.3 Å². The summed E-state index contributed by atoms with van der Waals surface area (Å²) in [5, 5.41) is 6.96. The maximum absolute atomic E-state index is 11.7. The topological polar surface area (TPSA) is 69.2 Å². The average Bonchev–Trinajstić information content (AvgIpc) is 3.14. The van der Waals surface area contributed by atoms with Crippen molar-refractivity contribution in [3.63, 3.8) is 0 Å². The molecule has 0 radical (unpaired) electrons. The fraction of sp³-hybridized carbons (Fsp3) is 0.440. The van der Waals surface area contributed by atoms with Gasteiger partial charge in [0.15, 0.2) is 12.6 Å². The molecule has 0 aliphatic carbocycles. The molecule has 33 heavy (non-hydrogen) atoms. The number of nitrogens with zero attached hydrogens (tertiary/aromatic N) is 3. The van der Waals surface area contributed by atoms with Crippen molar-refractivity contribution in [3.05, 3.63) is 65.7 Å². The third-order valence-corrected chi connectivity index (χ3v) is 5.72. The van der Waals surface area contributed by atoms with Gasteiger partial charge in [-0.1, -0.05) is 42.5 Å². The van der Waals surface area contributed by atoms with Crippen molar-refractivity contribution in [1.82, 2.24) is 20.4 Å². The van der Waals surface area contributed by atoms with Crippen LogP contribution in [0.4, 0.5) is 0 Å². The van der Waals surface area contributed by atoms with Crippen LogP contribution in [-0.2, 0) is 17.9 Å². The van der Waals surface area contributed by atoms with Crippen LogP contribution >= 0.6 is 24.0 Å². The van der Waals surface area contributed by atoms with Crippen molar-refractivity contribution in [2.24, 2.45) is 4.99 Å². The summed E-state index contributed by atoms with van der Waals surface area (Å²) in [7, 11) is 5.23. The van der Waals surface area contributed by atoms with Crippen molar-refractivity contribution in [2.45, 2.75) is 38.5 Å². The molecule has 2 N–H and O–H groups in total. The molecule has 1 saturated heterocycles. The van der Waals surface area contributed by atoms with E-state index in [1.165, 1.54) is 10.5 Å². The smallest absolute Gasteiger partial charge is 0.259 e. The number of carbonyl (C=O) groups excluding carboxylic acids is 1. The van der Waals surface area contributed by atoms with Crippen molar-refractivity contribution in [2.75, 3.05) is 34.3 Å². The summed E-state index contributed by atoms with van der Waals surface area (Å²) in [5.74, 6) is 1.41. The van der Waals surface area contributed by atoms with Crippen LogP contribution in [0.25, 0.3) is 0 Å². The Morgan fingerprint density at radius 3 is 2.58 bits per heavy atom. The van der Waals surface area contributed by atoms with Crippen LogP contribution in [0.2, 0.25) is 0 Å². The van der Waals surface area contributed by atoms with E-state index in [-0.39, 0.29) is 36.5 Å². The quantitative estimate of drug-likeness (QED) is 0.293. The second-order valence-corrected chi connectivity index (χ2v) is 8.49. The molecule has 0 bridgehead atoms. The van der Waals surface area contributed by atoms with E-state index in [0.29, 0.717) is 24.4 Å². The minimum absolute atomic E-state index is 0. The zero-order valence-corrected chi connectivity index (χ0v) is 22.3. The number of likely N-dealkylation sites (tertiary alicyclic amines) is 1. The molecule has 8 heteroatoms. The maximum atomic E-state index is 11.7. The van der Waals surface area contributed by atoms with Gasteiger partial charge >= 0.3 is 0 Å². The van der Waals surface area contributed by atoms with E-state index < -0.39 is 0 Å². The Kier molecular flexibility index (Phi) is 10.9. The summed E-state index contributed by atoms with van der Waals surface area (Å²) in [6.07, 6.45) is 1.08. The van der Waals surface area contributed by atoms with Crippen molar-refractivity contribution in [3.8, 4) is 5.75 Å². The number of nitrogens with one attached hydrogen (secondary N) is 2. The highest BCUT2D eigenvalue weighted by atomic mass is 127. The van der Waals surface area contributed by atoms with Crippen molar-refractivity contribution in [1.29, 1.82) is 0 Å². The van der Waals surface area contributed by atoms with E-state index >= 15 is 0 Å². The molecule has 1 aliphatic heterocycles. The first-order chi connectivity index (χ1) is 15.4. The van der Waals surface area contributed by atoms with E-state index in [4.69, 9.17) is 4.74 Å². The molecule has 1 amide bonds. The number of likely N-dealkylation sites (N-methyl/N-ethyl adjacent to an activating group) is 1. The molecule has 1 fully saturated rings. The molecular formula is C25H36IN5O2. The molecular weight excluding hydrogens is 529 g/mol. The molecule has 2 atom stereocenters. The fourth-order valence-corrected chi connectivity index (χ4v) is 3.83. The Morgan fingerprint density at radius 1 is 1.15 bits per heavy atom. The lowest BCUT2D eigenvalue weighted by Crippen LogP contribution is -2.44. The maximum Gasteiger partial charge on any atom is 0.259 e. The minimum atomic E-state index is -0.0646. The van der Waals surface area contributed by atoms with Crippen LogP contribution in [0.1, 0.15) is 24.5 Å². The fourth-order valence-electron chi connectivity index (χ4n) is 3.83. The largest absolute Gasteiger partial charge is 0.484 e. The minimum Gasteiger partial charge on any atom is -0.484 e. The van der Waals surface area contributed by atoms with Gasteiger partial charge in [0.2, 0.25) is 0 Å². The summed E-state index contributed by atoms with van der Waals surface area (Å²) in [6.45, 7) is 4.89. The van der Waals surface area contributed by atoms with E-state index in [1.807, 2.05) is 24.3 Å². The second kappa shape index (κ2) is 13.4. The average molecular weight is 566 g/mol. The molecule has 2 unspecified atom stereocenters. The zero-order valence-electron chi connectivity index (χ0n) is 20.0. The summed E-state index contributed by atoms with van der Waals surface area (Å²) >= 11 is 0. The number of amides is 1. The summed E-state index contributed by atoms with van der Waals surface area (Å²) < 4.78 is 5.61. The standard InChI is InChI=1S/C25H35N5O2.HI/c1-19-13-22(17-30(19)16-20-9-6-5-7-10-20)28-25(26-2)27-15-21-11-8-12-23(14-21)32-18-24(31)29(3)4;/h5-12,14,19,22H,13,15-18H2,1-4H3,(H2,26,27,28);1H. The number of carbonyl (C=O) groups is 1. The number of aliphatic imine (C=N–C) groups is 1. The number of ether oxygens (including phenoxy) is 1. The van der Waals surface area contributed by atoms with Crippen LogP contribution in [0.5, 0.6) is 5.75 Å². The molecule has 0 saturated carbocycles. The monoisotopic (exact) mass is 565 g/mol. The highest BCUT2D eigenvalue weighted by Crippen LogP contribution is 2.20. The second-order valence-electron chi connectivity index (χ2n) is 8.49. The lowest BCUT2D eigenvalue weighted by Gasteiger charge is -2.21. The number of benzene rings is 2. The Morgan fingerprint density at radius 2 is 1.88 bits per heavy atom. The lowest BCUT2D eigenvalue weighted by molar-refractivity contribution is -0.130. The van der Waals surface area contributed by atoms with E-state index in [1.54, 1.807) is 21.1 Å². The van der Waals surface area contributed by atoms with Crippen LogP contribution in [-0.4, -0.2) is 68.0 Å². The molecule has 7 nitrogen and oxygen atoms in total. The molecule has 1 heterocycles. The molecule has 3 rings (SSSR count). The number of hydrogen-bond donors (Lipinski definition) is 2. The predicted octanol–water partition coefficient (Wildman–Crippen LogP) is 3.10. The SMILES string of the molecule is CN=C(NCc1cccc(OCC(=O)N(C)C)c1)NC1CC(C)N(Cc2ccccc2)C1.I. The van der Waals surface area contributed by atoms with Gasteiger partial charge in [0.25, 0.3) is 5.91 Å². The van der Waals surface area contributed by atoms with Gasteiger partial charge in [-0.2, -0.15) is 0 Å². The first-order valence-electron chi connectivity index (χ1n) is 11.1. The summed E-state index contributed by atoms with van der Waals surface area (Å²) in [4.78, 5) is 20.2. The highest BCUT2D eigenvalue weighted by molar-refractivity contribution is 14.0. The zero-order chi connectivity index (χ0) is 22.9. The predicted molar refractivity (Wildman–Crippen MR) is 144 cm³/mol. The number of rotatable bonds is 8. The molecule has 1 aliphatic rings. The molecule has 0 spiro atoms. The lowest BCUT2D eigenvalue weighted by atomic mass is 10.2. The van der Waals surface area contributed by atoms with Crippen molar-refractivity contribution < 1.29 is 9.53 Å². The van der Waals surface area contributed by atoms with Gasteiger partial charge in [-0.15, -0.1) is 24.0 Å². The first-order valence-corrected chi connectivity index (χ1v) is 11.1. The third-order valence-electron chi connectivity index (χ3n) is 5.72. The van der Waals surface area contributed by atoms with Crippen molar-refractivity contribution >= 4 is 35.8 Å². The molecule has 2 aromatic rings. The Balaban J connectivity index is 0.00000385. The van der Waals surface area contributed by atoms with E-state index in [0.717, 1.165) is 31.0 Å². The summed E-state index contributed by atoms with van der Waals surface area (Å²) in [5.41, 5.74) is 2.41. The Bertz CT molecular complexity index is 907. The highest BCUT2D eigenvalue weighted by Gasteiger charge is 2.29. The van der Waals surface area contributed by atoms with Gasteiger partial charge in [-0.25, -0.2) is 0 Å². The number of guanidine groups is 1. The van der Waals surface area contributed by atoms with E-state index in [2.05, 4.69) is 57.8 Å². The van der Waals surface area contributed by atoms with Crippen LogP contribution in [0.15, 0.2) is 59.6 Å². The normalized spacial score (nSPS) is 18.4. The van der Waals surface area contributed by atoms with Gasteiger partial charge in [0.1, 0.15) is 5.75 Å². The molecule has 0 aromatic heterocycles. The van der Waals surface area contributed by atoms with Gasteiger partial charge in [-0.05, 0) is 36.6 Å². The van der Waals surface area contributed by atoms with Crippen LogP contribution in [0, 0.1) is 0 Å². The summed E-state index contributed by atoms with van der Waals surface area (Å²) in [6, 6.07) is 19.3. The van der Waals surface area contributed by atoms with Gasteiger partial charge in [0.05, 0.1) is 0 Å². The molecule has 180 valence electrons. The third kappa shape index (κ3) is 8.51. The van der Waals surface area contributed by atoms with E-state index in [9.17, 15) is 4.79 Å². The number of halogens is 1. The molecule has 2 aromatic carbocycles. The van der Waals surface area contributed by atoms with Gasteiger partial charge in [0, 0.05) is 52.9 Å². The van der Waals surface area contributed by atoms with Crippen LogP contribution in [0.3, 0.4) is 0 Å².